The molecule has 1 saturated heterocycles. The van der Waals surface area contributed by atoms with Crippen LogP contribution in [0, 0.1) is 6.92 Å². The van der Waals surface area contributed by atoms with Crippen LogP contribution in [0.5, 0.6) is 0 Å². The summed E-state index contributed by atoms with van der Waals surface area (Å²) < 4.78 is 7.24. The van der Waals surface area contributed by atoms with E-state index in [1.807, 2.05) is 28.7 Å². The second-order valence-corrected chi connectivity index (χ2v) is 7.25. The molecule has 1 aliphatic heterocycles. The maximum Gasteiger partial charge on any atom is 0.276 e. The molecule has 0 N–H and O–H groups in total. The van der Waals surface area contributed by atoms with Gasteiger partial charge in [-0.25, -0.2) is 15.0 Å². The molecule has 0 spiro atoms. The average Bonchev–Trinajstić information content (AvgIpc) is 3.30. The second kappa shape index (κ2) is 6.74. The van der Waals surface area contributed by atoms with Gasteiger partial charge in [-0.2, -0.15) is 0 Å². The summed E-state index contributed by atoms with van der Waals surface area (Å²) in [5, 5.41) is 3.97. The Labute approximate surface area is 162 Å². The fourth-order valence-corrected chi connectivity index (χ4v) is 3.51. The molecule has 1 aliphatic carbocycles. The zero-order chi connectivity index (χ0) is 19.1. The summed E-state index contributed by atoms with van der Waals surface area (Å²) in [5.74, 6) is 3.74. The molecular formula is C19H21N7O2. The van der Waals surface area contributed by atoms with E-state index in [0.717, 1.165) is 36.1 Å². The highest BCUT2D eigenvalue weighted by atomic mass is 16.5. The zero-order valence-electron chi connectivity index (χ0n) is 15.7. The number of carbonyl (C=O) groups is 1. The van der Waals surface area contributed by atoms with E-state index in [1.165, 1.54) is 0 Å². The molecule has 4 heterocycles. The summed E-state index contributed by atoms with van der Waals surface area (Å²) in [6, 6.07) is 3.75. The highest BCUT2D eigenvalue weighted by Gasteiger charge is 2.30. The highest BCUT2D eigenvalue weighted by molar-refractivity contribution is 5.92. The zero-order valence-corrected chi connectivity index (χ0v) is 15.7. The van der Waals surface area contributed by atoms with Gasteiger partial charge in [-0.3, -0.25) is 9.36 Å². The third-order valence-electron chi connectivity index (χ3n) is 5.33. The van der Waals surface area contributed by atoms with Crippen molar-refractivity contribution in [3.8, 4) is 5.82 Å². The lowest BCUT2D eigenvalue weighted by Crippen LogP contribution is -2.49. The predicted octanol–water partition coefficient (Wildman–Crippen LogP) is 1.80. The Bertz CT molecular complexity index is 999. The number of hydrogen-bond acceptors (Lipinski definition) is 7. The molecule has 3 aromatic heterocycles. The smallest absolute Gasteiger partial charge is 0.276 e. The van der Waals surface area contributed by atoms with Crippen LogP contribution >= 0.6 is 0 Å². The molecular weight excluding hydrogens is 358 g/mol. The maximum atomic E-state index is 12.7. The second-order valence-electron chi connectivity index (χ2n) is 7.25. The van der Waals surface area contributed by atoms with Crippen molar-refractivity contribution < 1.29 is 9.32 Å². The number of imidazole rings is 1. The lowest BCUT2D eigenvalue weighted by atomic mass is 10.2. The molecule has 0 radical (unpaired) electrons. The first-order chi connectivity index (χ1) is 13.7. The molecule has 9 nitrogen and oxygen atoms in total. The number of anilines is 1. The Balaban J connectivity index is 1.25. The fraction of sp³-hybridized carbons (Fsp3) is 0.421. The van der Waals surface area contributed by atoms with Gasteiger partial charge in [-0.15, -0.1) is 0 Å². The summed E-state index contributed by atoms with van der Waals surface area (Å²) in [4.78, 5) is 29.7. The SMILES string of the molecule is Cc1nccn1-c1cc(N2CCN(C(=O)c3cc(C4CC4)on3)CC2)ncn1. The van der Waals surface area contributed by atoms with Crippen LogP contribution in [0.1, 0.15) is 40.8 Å². The molecule has 0 aromatic carbocycles. The average molecular weight is 379 g/mol. The van der Waals surface area contributed by atoms with Crippen LogP contribution in [0.25, 0.3) is 5.82 Å². The normalized spacial score (nSPS) is 17.2. The van der Waals surface area contributed by atoms with Crippen molar-refractivity contribution in [2.24, 2.45) is 0 Å². The van der Waals surface area contributed by atoms with E-state index in [1.54, 1.807) is 18.6 Å². The minimum Gasteiger partial charge on any atom is -0.360 e. The Morgan fingerprint density at radius 1 is 1.07 bits per heavy atom. The minimum absolute atomic E-state index is 0.0623. The molecule has 1 amide bonds. The highest BCUT2D eigenvalue weighted by Crippen LogP contribution is 2.40. The van der Waals surface area contributed by atoms with Gasteiger partial charge in [0, 0.05) is 56.6 Å². The van der Waals surface area contributed by atoms with Crippen molar-refractivity contribution in [2.75, 3.05) is 31.1 Å². The molecule has 0 atom stereocenters. The summed E-state index contributed by atoms with van der Waals surface area (Å²) in [6.45, 7) is 4.59. The van der Waals surface area contributed by atoms with Gasteiger partial charge >= 0.3 is 0 Å². The van der Waals surface area contributed by atoms with Crippen molar-refractivity contribution >= 4 is 11.7 Å². The third-order valence-corrected chi connectivity index (χ3v) is 5.33. The van der Waals surface area contributed by atoms with Gasteiger partial charge in [0.2, 0.25) is 0 Å². The number of piperazine rings is 1. The summed E-state index contributed by atoms with van der Waals surface area (Å²) >= 11 is 0. The third kappa shape index (κ3) is 3.12. The van der Waals surface area contributed by atoms with Gasteiger partial charge < -0.3 is 14.3 Å². The first-order valence-corrected chi connectivity index (χ1v) is 9.52. The van der Waals surface area contributed by atoms with E-state index in [0.29, 0.717) is 37.8 Å². The van der Waals surface area contributed by atoms with E-state index >= 15 is 0 Å². The Morgan fingerprint density at radius 2 is 1.86 bits per heavy atom. The topological polar surface area (TPSA) is 93.2 Å². The molecule has 2 fully saturated rings. The van der Waals surface area contributed by atoms with Crippen LogP contribution < -0.4 is 4.90 Å². The van der Waals surface area contributed by atoms with Gasteiger partial charge in [-0.05, 0) is 19.8 Å². The standard InChI is InChI=1S/C19H21N7O2/c1-13-20-4-5-26(13)18-11-17(21-12-22-18)24-6-8-25(9-7-24)19(27)15-10-16(28-23-15)14-2-3-14/h4-5,10-12,14H,2-3,6-9H2,1H3. The van der Waals surface area contributed by atoms with Crippen LogP contribution in [0.2, 0.25) is 0 Å². The number of aromatic nitrogens is 5. The van der Waals surface area contributed by atoms with Gasteiger partial charge in [0.15, 0.2) is 5.69 Å². The van der Waals surface area contributed by atoms with Crippen LogP contribution in [0.15, 0.2) is 35.4 Å². The molecule has 1 saturated carbocycles. The molecule has 9 heteroatoms. The quantitative estimate of drug-likeness (QED) is 0.682. The first kappa shape index (κ1) is 16.9. The predicted molar refractivity (Wildman–Crippen MR) is 100 cm³/mol. The summed E-state index contributed by atoms with van der Waals surface area (Å²) in [5.41, 5.74) is 0.412. The van der Waals surface area contributed by atoms with Crippen molar-refractivity contribution in [3.05, 3.63) is 48.1 Å². The molecule has 5 rings (SSSR count). The Morgan fingerprint density at radius 3 is 2.57 bits per heavy atom. The largest absolute Gasteiger partial charge is 0.360 e. The number of aryl methyl sites for hydroxylation is 1. The lowest BCUT2D eigenvalue weighted by molar-refractivity contribution is 0.0736. The van der Waals surface area contributed by atoms with Crippen LogP contribution in [-0.4, -0.2) is 61.7 Å². The molecule has 2 aliphatic rings. The molecule has 0 bridgehead atoms. The Kier molecular flexibility index (Phi) is 4.07. The van der Waals surface area contributed by atoms with E-state index in [2.05, 4.69) is 25.0 Å². The maximum absolute atomic E-state index is 12.7. The van der Waals surface area contributed by atoms with Gasteiger partial charge in [0.05, 0.1) is 0 Å². The van der Waals surface area contributed by atoms with Crippen molar-refractivity contribution in [1.29, 1.82) is 0 Å². The lowest BCUT2D eigenvalue weighted by Gasteiger charge is -2.35. The van der Waals surface area contributed by atoms with E-state index in [-0.39, 0.29) is 5.91 Å². The monoisotopic (exact) mass is 379 g/mol. The van der Waals surface area contributed by atoms with Gasteiger partial charge in [0.1, 0.15) is 29.5 Å². The first-order valence-electron chi connectivity index (χ1n) is 9.52. The van der Waals surface area contributed by atoms with E-state index in [9.17, 15) is 4.79 Å². The number of amides is 1. The molecule has 3 aromatic rings. The van der Waals surface area contributed by atoms with Gasteiger partial charge in [-0.1, -0.05) is 5.16 Å². The summed E-state index contributed by atoms with van der Waals surface area (Å²) in [7, 11) is 0. The molecule has 28 heavy (non-hydrogen) atoms. The molecule has 0 unspecified atom stereocenters. The van der Waals surface area contributed by atoms with Crippen LogP contribution in [-0.2, 0) is 0 Å². The minimum atomic E-state index is -0.0623. The number of carbonyl (C=O) groups excluding carboxylic acids is 1. The van der Waals surface area contributed by atoms with Crippen molar-refractivity contribution in [2.45, 2.75) is 25.7 Å². The summed E-state index contributed by atoms with van der Waals surface area (Å²) in [6.07, 6.45) is 7.45. The molecule has 144 valence electrons. The van der Waals surface area contributed by atoms with Crippen molar-refractivity contribution in [3.63, 3.8) is 0 Å². The van der Waals surface area contributed by atoms with Gasteiger partial charge in [0.25, 0.3) is 5.91 Å². The number of hydrogen-bond donors (Lipinski definition) is 0. The Hall–Kier alpha value is -3.23. The fourth-order valence-electron chi connectivity index (χ4n) is 3.51. The number of rotatable bonds is 4. The van der Waals surface area contributed by atoms with E-state index in [4.69, 9.17) is 4.52 Å². The number of nitrogens with zero attached hydrogens (tertiary/aromatic N) is 7. The van der Waals surface area contributed by atoms with Crippen molar-refractivity contribution in [1.82, 2.24) is 29.6 Å². The van der Waals surface area contributed by atoms with Crippen LogP contribution in [0.3, 0.4) is 0 Å². The van der Waals surface area contributed by atoms with Crippen LogP contribution in [0.4, 0.5) is 5.82 Å². The van der Waals surface area contributed by atoms with E-state index < -0.39 is 0 Å².